The highest BCUT2D eigenvalue weighted by Crippen LogP contribution is 2.11. The van der Waals surface area contributed by atoms with Crippen molar-refractivity contribution in [2.75, 3.05) is 21.1 Å². The number of rotatable bonds is 6. The minimum absolute atomic E-state index is 0.0978. The molecule has 8 heteroatoms. The Labute approximate surface area is 122 Å². The molecule has 0 aliphatic heterocycles. The Morgan fingerprint density at radius 3 is 2.80 bits per heavy atom. The second kappa shape index (κ2) is 7.44. The van der Waals surface area contributed by atoms with Crippen LogP contribution >= 0.6 is 11.6 Å². The van der Waals surface area contributed by atoms with Gasteiger partial charge in [-0.25, -0.2) is 4.98 Å². The van der Waals surface area contributed by atoms with E-state index in [-0.39, 0.29) is 5.70 Å². The van der Waals surface area contributed by atoms with E-state index in [0.717, 1.165) is 5.56 Å². The predicted molar refractivity (Wildman–Crippen MR) is 78.2 cm³/mol. The molecule has 1 aromatic rings. The Bertz CT molecular complexity index is 527. The highest BCUT2D eigenvalue weighted by atomic mass is 35.5. The summed E-state index contributed by atoms with van der Waals surface area (Å²) in [6.07, 6.45) is 2.84. The van der Waals surface area contributed by atoms with Gasteiger partial charge in [-0.15, -0.1) is 0 Å². The fourth-order valence-corrected chi connectivity index (χ4v) is 1.80. The Morgan fingerprint density at radius 2 is 2.35 bits per heavy atom. The first-order chi connectivity index (χ1) is 9.49. The molecule has 0 spiro atoms. The van der Waals surface area contributed by atoms with Crippen LogP contribution in [0.2, 0.25) is 5.15 Å². The maximum Gasteiger partial charge on any atom is 0.326 e. The van der Waals surface area contributed by atoms with E-state index in [2.05, 4.69) is 15.3 Å². The van der Waals surface area contributed by atoms with Crippen molar-refractivity contribution < 1.29 is 4.92 Å². The minimum atomic E-state index is -0.477. The molecule has 0 aliphatic rings. The van der Waals surface area contributed by atoms with Gasteiger partial charge >= 0.3 is 5.70 Å². The molecule has 1 N–H and O–H groups in total. The largest absolute Gasteiger partial charge is 0.369 e. The van der Waals surface area contributed by atoms with Gasteiger partial charge in [0.1, 0.15) is 11.4 Å². The number of aromatic nitrogens is 1. The number of halogens is 1. The van der Waals surface area contributed by atoms with Crippen molar-refractivity contribution in [3.05, 3.63) is 50.7 Å². The van der Waals surface area contributed by atoms with E-state index < -0.39 is 4.92 Å². The fraction of sp³-hybridized carbons (Fsp3) is 0.333. The molecule has 0 saturated heterocycles. The summed E-state index contributed by atoms with van der Waals surface area (Å²) in [7, 11) is 4.85. The van der Waals surface area contributed by atoms with Crippen LogP contribution in [0.25, 0.3) is 0 Å². The van der Waals surface area contributed by atoms with Crippen molar-refractivity contribution in [1.82, 2.24) is 15.2 Å². The van der Waals surface area contributed by atoms with Gasteiger partial charge in [-0.3, -0.25) is 15.1 Å². The second-order valence-electron chi connectivity index (χ2n) is 3.97. The van der Waals surface area contributed by atoms with Crippen molar-refractivity contribution in [2.45, 2.75) is 6.54 Å². The Hall–Kier alpha value is -2.15. The topological polar surface area (TPSA) is 83.7 Å². The van der Waals surface area contributed by atoms with Crippen molar-refractivity contribution >= 4 is 17.8 Å². The summed E-state index contributed by atoms with van der Waals surface area (Å²) in [6, 6.07) is 3.49. The highest BCUT2D eigenvalue weighted by Gasteiger charge is 2.19. The van der Waals surface area contributed by atoms with Crippen LogP contribution in [0.5, 0.6) is 0 Å². The van der Waals surface area contributed by atoms with Gasteiger partial charge in [0.2, 0.25) is 0 Å². The molecule has 0 bridgehead atoms. The average Bonchev–Trinajstić information content (AvgIpc) is 2.41. The van der Waals surface area contributed by atoms with E-state index in [1.807, 2.05) is 6.07 Å². The maximum atomic E-state index is 11.1. The van der Waals surface area contributed by atoms with Gasteiger partial charge in [0, 0.05) is 33.9 Å². The smallest absolute Gasteiger partial charge is 0.326 e. The Balaban J connectivity index is 3.01. The molecule has 0 unspecified atom stereocenters. The van der Waals surface area contributed by atoms with Gasteiger partial charge in [0.25, 0.3) is 0 Å². The van der Waals surface area contributed by atoms with Gasteiger partial charge in [-0.1, -0.05) is 17.7 Å². The molecule has 20 heavy (non-hydrogen) atoms. The van der Waals surface area contributed by atoms with Gasteiger partial charge in [0.15, 0.2) is 5.82 Å². The van der Waals surface area contributed by atoms with E-state index >= 15 is 0 Å². The molecule has 1 aromatic heterocycles. The quantitative estimate of drug-likeness (QED) is 0.372. The van der Waals surface area contributed by atoms with Crippen LogP contribution < -0.4 is 5.32 Å². The first kappa shape index (κ1) is 15.9. The van der Waals surface area contributed by atoms with Crippen LogP contribution in [-0.4, -0.2) is 42.2 Å². The average molecular weight is 298 g/mol. The summed E-state index contributed by atoms with van der Waals surface area (Å²) in [5, 5.41) is 14.3. The maximum absolute atomic E-state index is 11.1. The first-order valence-electron chi connectivity index (χ1n) is 5.79. The van der Waals surface area contributed by atoms with E-state index in [1.54, 1.807) is 31.3 Å². The molecule has 7 nitrogen and oxygen atoms in total. The van der Waals surface area contributed by atoms with E-state index in [0.29, 0.717) is 17.5 Å². The lowest BCUT2D eigenvalue weighted by Gasteiger charge is -2.21. The Morgan fingerprint density at radius 1 is 1.65 bits per heavy atom. The van der Waals surface area contributed by atoms with Crippen LogP contribution in [0.4, 0.5) is 0 Å². The molecule has 0 fully saturated rings. The summed E-state index contributed by atoms with van der Waals surface area (Å²) in [4.78, 5) is 20.0. The predicted octanol–water partition coefficient (Wildman–Crippen LogP) is 1.53. The van der Waals surface area contributed by atoms with Gasteiger partial charge < -0.3 is 10.2 Å². The number of aliphatic imine (C=N–C) groups is 1. The molecule has 0 saturated carbocycles. The fourth-order valence-electron chi connectivity index (χ4n) is 1.68. The molecule has 0 aliphatic carbocycles. The monoisotopic (exact) mass is 297 g/mol. The number of hydrogen-bond acceptors (Lipinski definition) is 6. The third kappa shape index (κ3) is 4.20. The molecule has 1 heterocycles. The zero-order chi connectivity index (χ0) is 15.1. The Kier molecular flexibility index (Phi) is 5.92. The zero-order valence-electron chi connectivity index (χ0n) is 11.5. The number of hydrogen-bond donors (Lipinski definition) is 1. The number of nitro groups is 1. The lowest BCUT2D eigenvalue weighted by atomic mass is 10.2. The standard InChI is InChI=1S/C12H16ClN5O2/c1-14-7-10(18(19)20)12(15-2)17(3)8-9-4-5-11(13)16-6-9/h4-7,15H,8H2,1-3H3/b12-10-,14-7?. The highest BCUT2D eigenvalue weighted by molar-refractivity contribution is 6.29. The van der Waals surface area contributed by atoms with Crippen LogP contribution in [0, 0.1) is 10.1 Å². The number of nitrogens with zero attached hydrogens (tertiary/aromatic N) is 4. The van der Waals surface area contributed by atoms with Crippen molar-refractivity contribution in [3.63, 3.8) is 0 Å². The van der Waals surface area contributed by atoms with E-state index in [4.69, 9.17) is 11.6 Å². The van der Waals surface area contributed by atoms with Crippen molar-refractivity contribution in [3.8, 4) is 0 Å². The molecule has 0 radical (unpaired) electrons. The van der Waals surface area contributed by atoms with E-state index in [9.17, 15) is 10.1 Å². The van der Waals surface area contributed by atoms with Gasteiger partial charge in [-0.2, -0.15) is 0 Å². The minimum Gasteiger partial charge on any atom is -0.369 e. The molecular weight excluding hydrogens is 282 g/mol. The number of nitrogens with one attached hydrogen (secondary N) is 1. The van der Waals surface area contributed by atoms with Crippen LogP contribution in [0.1, 0.15) is 5.56 Å². The molecular formula is C12H16ClN5O2. The first-order valence-corrected chi connectivity index (χ1v) is 6.17. The van der Waals surface area contributed by atoms with Crippen LogP contribution in [-0.2, 0) is 6.54 Å². The summed E-state index contributed by atoms with van der Waals surface area (Å²) in [6.45, 7) is 0.454. The lowest BCUT2D eigenvalue weighted by molar-refractivity contribution is -0.416. The van der Waals surface area contributed by atoms with Crippen LogP contribution in [0.3, 0.4) is 0 Å². The summed E-state index contributed by atoms with van der Waals surface area (Å²) >= 11 is 5.72. The zero-order valence-corrected chi connectivity index (χ0v) is 12.3. The third-order valence-electron chi connectivity index (χ3n) is 2.52. The van der Waals surface area contributed by atoms with E-state index in [1.165, 1.54) is 13.3 Å². The summed E-state index contributed by atoms with van der Waals surface area (Å²) in [5.74, 6) is 0.371. The normalized spacial score (nSPS) is 12.2. The summed E-state index contributed by atoms with van der Waals surface area (Å²) in [5.41, 5.74) is 0.792. The molecule has 0 aromatic carbocycles. The van der Waals surface area contributed by atoms with Gasteiger partial charge in [-0.05, 0) is 11.6 Å². The second-order valence-corrected chi connectivity index (χ2v) is 4.36. The number of pyridine rings is 1. The van der Waals surface area contributed by atoms with Crippen molar-refractivity contribution in [1.29, 1.82) is 0 Å². The number of allylic oxidation sites excluding steroid dienone is 1. The molecule has 108 valence electrons. The van der Waals surface area contributed by atoms with Gasteiger partial charge in [0.05, 0.1) is 4.92 Å². The van der Waals surface area contributed by atoms with Crippen LogP contribution in [0.15, 0.2) is 34.8 Å². The lowest BCUT2D eigenvalue weighted by Crippen LogP contribution is -2.30. The summed E-state index contributed by atoms with van der Waals surface area (Å²) < 4.78 is 0. The molecule has 0 amide bonds. The molecule has 1 rings (SSSR count). The van der Waals surface area contributed by atoms with Crippen molar-refractivity contribution in [2.24, 2.45) is 4.99 Å². The third-order valence-corrected chi connectivity index (χ3v) is 2.74. The SMILES string of the molecule is CN=C/C(=C(\NC)N(C)Cc1ccc(Cl)nc1)[N+](=O)[O-]. The molecule has 0 atom stereocenters.